The Morgan fingerprint density at radius 3 is 2.80 bits per heavy atom. The van der Waals surface area contributed by atoms with Crippen LogP contribution in [0.5, 0.6) is 0 Å². The van der Waals surface area contributed by atoms with Crippen molar-refractivity contribution in [2.24, 2.45) is 5.92 Å². The second kappa shape index (κ2) is 4.97. The molecule has 82 valence electrons. The lowest BCUT2D eigenvalue weighted by Crippen LogP contribution is -2.23. The smallest absolute Gasteiger partial charge is 0.0928 e. The fourth-order valence-corrected chi connectivity index (χ4v) is 1.86. The van der Waals surface area contributed by atoms with Crippen LogP contribution in [0.3, 0.4) is 0 Å². The average molecular weight is 226 g/mol. The summed E-state index contributed by atoms with van der Waals surface area (Å²) in [6.45, 7) is 1.60. The normalized spacial score (nSPS) is 17.7. The molecule has 0 spiro atoms. The van der Waals surface area contributed by atoms with Crippen LogP contribution in [0.1, 0.15) is 24.5 Å². The number of hydrogen-bond acceptors (Lipinski definition) is 2. The molecule has 1 fully saturated rings. The minimum Gasteiger partial charge on any atom is -0.387 e. The van der Waals surface area contributed by atoms with E-state index in [9.17, 15) is 5.11 Å². The molecule has 1 aliphatic carbocycles. The first-order chi connectivity index (χ1) is 7.27. The predicted octanol–water partition coefficient (Wildman–Crippen LogP) is 2.37. The minimum absolute atomic E-state index is 0.502. The second-order valence-corrected chi connectivity index (χ2v) is 4.55. The van der Waals surface area contributed by atoms with Crippen LogP contribution in [0.15, 0.2) is 24.3 Å². The summed E-state index contributed by atoms with van der Waals surface area (Å²) in [6.07, 6.45) is 2.15. The lowest BCUT2D eigenvalue weighted by molar-refractivity contribution is 0.174. The van der Waals surface area contributed by atoms with Gasteiger partial charge in [-0.3, -0.25) is 0 Å². The van der Waals surface area contributed by atoms with E-state index in [1.165, 1.54) is 12.8 Å². The summed E-state index contributed by atoms with van der Waals surface area (Å²) >= 11 is 5.99. The van der Waals surface area contributed by atoms with E-state index in [0.29, 0.717) is 11.6 Å². The van der Waals surface area contributed by atoms with Crippen LogP contribution in [0.25, 0.3) is 0 Å². The molecule has 0 bridgehead atoms. The maximum atomic E-state index is 9.89. The molecule has 1 atom stereocenters. The highest BCUT2D eigenvalue weighted by Gasteiger charge is 2.21. The topological polar surface area (TPSA) is 32.3 Å². The molecule has 2 N–H and O–H groups in total. The molecule has 2 rings (SSSR count). The molecule has 1 saturated carbocycles. The highest BCUT2D eigenvalue weighted by atomic mass is 35.5. The molecule has 1 unspecified atom stereocenters. The Kier molecular flexibility index (Phi) is 3.62. The van der Waals surface area contributed by atoms with E-state index in [2.05, 4.69) is 5.32 Å². The van der Waals surface area contributed by atoms with Gasteiger partial charge in [-0.05, 0) is 31.4 Å². The molecule has 0 saturated heterocycles. The molecule has 1 aromatic rings. The lowest BCUT2D eigenvalue weighted by Gasteiger charge is -2.13. The van der Waals surface area contributed by atoms with Gasteiger partial charge in [-0.15, -0.1) is 0 Å². The lowest BCUT2D eigenvalue weighted by atomic mass is 10.1. The van der Waals surface area contributed by atoms with Gasteiger partial charge in [0.2, 0.25) is 0 Å². The Morgan fingerprint density at radius 2 is 2.13 bits per heavy atom. The van der Waals surface area contributed by atoms with Gasteiger partial charge in [0.1, 0.15) is 0 Å². The molecule has 15 heavy (non-hydrogen) atoms. The van der Waals surface area contributed by atoms with Crippen LogP contribution in [-0.4, -0.2) is 18.2 Å². The van der Waals surface area contributed by atoms with Crippen molar-refractivity contribution in [3.63, 3.8) is 0 Å². The summed E-state index contributed by atoms with van der Waals surface area (Å²) in [4.78, 5) is 0. The third kappa shape index (κ3) is 3.20. The van der Waals surface area contributed by atoms with Crippen molar-refractivity contribution in [3.8, 4) is 0 Å². The van der Waals surface area contributed by atoms with E-state index in [1.54, 1.807) is 6.07 Å². The third-order valence-electron chi connectivity index (χ3n) is 2.73. The molecule has 1 aliphatic rings. The first-order valence-corrected chi connectivity index (χ1v) is 5.78. The number of benzene rings is 1. The first-order valence-electron chi connectivity index (χ1n) is 5.40. The minimum atomic E-state index is -0.502. The quantitative estimate of drug-likeness (QED) is 0.807. The van der Waals surface area contributed by atoms with E-state index in [1.807, 2.05) is 18.2 Å². The Bertz CT molecular complexity index is 325. The van der Waals surface area contributed by atoms with Gasteiger partial charge in [0, 0.05) is 17.1 Å². The number of halogens is 1. The number of rotatable bonds is 5. The van der Waals surface area contributed by atoms with Crippen molar-refractivity contribution in [3.05, 3.63) is 34.9 Å². The summed E-state index contributed by atoms with van der Waals surface area (Å²) < 4.78 is 0. The Hall–Kier alpha value is -0.570. The molecule has 0 aliphatic heterocycles. The zero-order chi connectivity index (χ0) is 10.7. The van der Waals surface area contributed by atoms with Gasteiger partial charge in [-0.2, -0.15) is 0 Å². The number of aliphatic hydroxyl groups excluding tert-OH is 1. The van der Waals surface area contributed by atoms with Gasteiger partial charge in [0.05, 0.1) is 6.10 Å². The van der Waals surface area contributed by atoms with Crippen molar-refractivity contribution in [2.45, 2.75) is 18.9 Å². The van der Waals surface area contributed by atoms with Crippen LogP contribution < -0.4 is 5.32 Å². The monoisotopic (exact) mass is 225 g/mol. The summed E-state index contributed by atoms with van der Waals surface area (Å²) in [5.74, 6) is 0.837. The summed E-state index contributed by atoms with van der Waals surface area (Å²) in [5.41, 5.74) is 0.808. The number of aliphatic hydroxyl groups is 1. The zero-order valence-corrected chi connectivity index (χ0v) is 9.37. The molecule has 0 heterocycles. The average Bonchev–Trinajstić information content (AvgIpc) is 3.02. The number of hydrogen-bond donors (Lipinski definition) is 2. The first kappa shape index (κ1) is 10.9. The highest BCUT2D eigenvalue weighted by molar-refractivity contribution is 6.31. The largest absolute Gasteiger partial charge is 0.387 e. The summed E-state index contributed by atoms with van der Waals surface area (Å²) in [6, 6.07) is 7.44. The van der Waals surface area contributed by atoms with Gasteiger partial charge in [0.15, 0.2) is 0 Å². The zero-order valence-electron chi connectivity index (χ0n) is 8.62. The van der Waals surface area contributed by atoms with Crippen molar-refractivity contribution >= 4 is 11.6 Å². The van der Waals surface area contributed by atoms with Crippen LogP contribution >= 0.6 is 11.6 Å². The van der Waals surface area contributed by atoms with Crippen LogP contribution in [-0.2, 0) is 0 Å². The number of nitrogens with one attached hydrogen (secondary N) is 1. The van der Waals surface area contributed by atoms with Crippen LogP contribution in [0.4, 0.5) is 0 Å². The summed E-state index contributed by atoms with van der Waals surface area (Å²) in [5, 5.41) is 13.8. The van der Waals surface area contributed by atoms with E-state index in [4.69, 9.17) is 11.6 Å². The second-order valence-electron chi connectivity index (χ2n) is 4.14. The summed E-state index contributed by atoms with van der Waals surface area (Å²) in [7, 11) is 0. The highest BCUT2D eigenvalue weighted by Crippen LogP contribution is 2.28. The van der Waals surface area contributed by atoms with Crippen molar-refractivity contribution < 1.29 is 5.11 Å². The molecule has 0 radical (unpaired) electrons. The standard InChI is InChI=1S/C12H16ClNO/c13-11-4-2-1-3-10(11)12(15)8-14-7-9-5-6-9/h1-4,9,12,14-15H,5-8H2. The van der Waals surface area contributed by atoms with E-state index < -0.39 is 6.10 Å². The predicted molar refractivity (Wildman–Crippen MR) is 62.0 cm³/mol. The van der Waals surface area contributed by atoms with Crippen LogP contribution in [0, 0.1) is 5.92 Å². The third-order valence-corrected chi connectivity index (χ3v) is 3.08. The molecule has 2 nitrogen and oxygen atoms in total. The SMILES string of the molecule is OC(CNCC1CC1)c1ccccc1Cl. The Morgan fingerprint density at radius 1 is 1.40 bits per heavy atom. The Labute approximate surface area is 95.3 Å². The fraction of sp³-hybridized carbons (Fsp3) is 0.500. The van der Waals surface area contributed by atoms with Gasteiger partial charge in [-0.25, -0.2) is 0 Å². The van der Waals surface area contributed by atoms with Crippen molar-refractivity contribution in [1.29, 1.82) is 0 Å². The van der Waals surface area contributed by atoms with Crippen molar-refractivity contribution in [1.82, 2.24) is 5.32 Å². The van der Waals surface area contributed by atoms with E-state index in [0.717, 1.165) is 18.0 Å². The molecule has 0 amide bonds. The maximum absolute atomic E-state index is 9.89. The molecular formula is C12H16ClNO. The maximum Gasteiger partial charge on any atom is 0.0928 e. The molecule has 1 aromatic carbocycles. The van der Waals surface area contributed by atoms with Gasteiger partial charge < -0.3 is 10.4 Å². The van der Waals surface area contributed by atoms with Gasteiger partial charge in [0.25, 0.3) is 0 Å². The van der Waals surface area contributed by atoms with Crippen molar-refractivity contribution in [2.75, 3.05) is 13.1 Å². The van der Waals surface area contributed by atoms with Gasteiger partial charge >= 0.3 is 0 Å². The molecule has 0 aromatic heterocycles. The Balaban J connectivity index is 1.83. The van der Waals surface area contributed by atoms with Crippen LogP contribution in [0.2, 0.25) is 5.02 Å². The van der Waals surface area contributed by atoms with E-state index in [-0.39, 0.29) is 0 Å². The fourth-order valence-electron chi connectivity index (χ4n) is 1.60. The molecular weight excluding hydrogens is 210 g/mol. The molecule has 3 heteroatoms. The van der Waals surface area contributed by atoms with E-state index >= 15 is 0 Å². The van der Waals surface area contributed by atoms with Gasteiger partial charge in [-0.1, -0.05) is 29.8 Å².